The smallest absolute Gasteiger partial charge is 0.259 e. The molecule has 0 bridgehead atoms. The van der Waals surface area contributed by atoms with Crippen molar-refractivity contribution in [2.24, 2.45) is 0 Å². The van der Waals surface area contributed by atoms with E-state index in [9.17, 15) is 13.2 Å². The molecule has 0 fully saturated rings. The molecule has 0 unspecified atom stereocenters. The zero-order chi connectivity index (χ0) is 23.5. The second kappa shape index (κ2) is 12.2. The molecule has 8 heteroatoms. The van der Waals surface area contributed by atoms with Gasteiger partial charge in [-0.15, -0.1) is 0 Å². The van der Waals surface area contributed by atoms with Crippen LogP contribution in [0.25, 0.3) is 0 Å². The van der Waals surface area contributed by atoms with Gasteiger partial charge in [-0.25, -0.2) is 13.1 Å². The van der Waals surface area contributed by atoms with Crippen LogP contribution >= 0.6 is 0 Å². The predicted molar refractivity (Wildman–Crippen MR) is 128 cm³/mol. The number of carbonyl (C=O) groups excluding carboxylic acids is 1. The monoisotopic (exact) mass is 468 g/mol. The molecule has 1 amide bonds. The van der Waals surface area contributed by atoms with E-state index in [1.165, 1.54) is 12.1 Å². The van der Waals surface area contributed by atoms with E-state index in [1.807, 2.05) is 37.3 Å². The highest BCUT2D eigenvalue weighted by atomic mass is 32.2. The summed E-state index contributed by atoms with van der Waals surface area (Å²) in [4.78, 5) is 12.9. The maximum absolute atomic E-state index is 12.7. The molecule has 3 aromatic carbocycles. The number of anilines is 1. The molecule has 3 aromatic rings. The molecule has 174 valence electrons. The summed E-state index contributed by atoms with van der Waals surface area (Å²) in [6.07, 6.45) is 0.597. The Labute approximate surface area is 194 Å². The molecule has 3 rings (SSSR count). The van der Waals surface area contributed by atoms with Crippen molar-refractivity contribution in [3.8, 4) is 5.75 Å². The zero-order valence-corrected chi connectivity index (χ0v) is 19.3. The van der Waals surface area contributed by atoms with Gasteiger partial charge in [0.05, 0.1) is 17.1 Å². The summed E-state index contributed by atoms with van der Waals surface area (Å²) in [5.74, 6) is 0.107. The van der Waals surface area contributed by atoms with Crippen LogP contribution in [0.5, 0.6) is 5.75 Å². The van der Waals surface area contributed by atoms with E-state index in [4.69, 9.17) is 9.47 Å². The van der Waals surface area contributed by atoms with E-state index in [1.54, 1.807) is 36.4 Å². The van der Waals surface area contributed by atoms with Crippen LogP contribution in [0.4, 0.5) is 5.69 Å². The van der Waals surface area contributed by atoms with Gasteiger partial charge >= 0.3 is 0 Å². The van der Waals surface area contributed by atoms with E-state index in [2.05, 4.69) is 10.0 Å². The van der Waals surface area contributed by atoms with Crippen molar-refractivity contribution >= 4 is 21.6 Å². The molecule has 0 aliphatic heterocycles. The molecule has 0 saturated carbocycles. The van der Waals surface area contributed by atoms with Gasteiger partial charge in [0.15, 0.2) is 0 Å². The average molecular weight is 469 g/mol. The second-order valence-electron chi connectivity index (χ2n) is 7.15. The van der Waals surface area contributed by atoms with Crippen molar-refractivity contribution in [1.29, 1.82) is 0 Å². The van der Waals surface area contributed by atoms with Gasteiger partial charge in [-0.3, -0.25) is 4.79 Å². The fraction of sp³-hybridized carbons (Fsp3) is 0.240. The van der Waals surface area contributed by atoms with E-state index in [-0.39, 0.29) is 10.8 Å². The minimum absolute atomic E-state index is 0.133. The fourth-order valence-electron chi connectivity index (χ4n) is 3.11. The van der Waals surface area contributed by atoms with Crippen LogP contribution in [-0.2, 0) is 21.2 Å². The first-order valence-electron chi connectivity index (χ1n) is 10.7. The third kappa shape index (κ3) is 7.42. The van der Waals surface area contributed by atoms with Gasteiger partial charge in [0.2, 0.25) is 10.0 Å². The van der Waals surface area contributed by atoms with Crippen molar-refractivity contribution in [2.75, 3.05) is 31.7 Å². The summed E-state index contributed by atoms with van der Waals surface area (Å²) < 4.78 is 38.6. The Morgan fingerprint density at radius 3 is 2.30 bits per heavy atom. The molecule has 33 heavy (non-hydrogen) atoms. The predicted octanol–water partition coefficient (Wildman–Crippen LogP) is 3.88. The highest BCUT2D eigenvalue weighted by molar-refractivity contribution is 7.89. The van der Waals surface area contributed by atoms with E-state index < -0.39 is 10.0 Å². The molecule has 0 radical (unpaired) electrons. The molecule has 7 nitrogen and oxygen atoms in total. The Kier molecular flexibility index (Phi) is 9.00. The minimum Gasteiger partial charge on any atom is -0.490 e. The minimum atomic E-state index is -3.64. The molecular weight excluding hydrogens is 440 g/mol. The van der Waals surface area contributed by atoms with Gasteiger partial charge < -0.3 is 14.8 Å². The number of hydrogen-bond donors (Lipinski definition) is 2. The highest BCUT2D eigenvalue weighted by Crippen LogP contribution is 2.21. The van der Waals surface area contributed by atoms with Crippen LogP contribution in [0.15, 0.2) is 83.8 Å². The fourth-order valence-corrected chi connectivity index (χ4v) is 4.14. The molecule has 0 heterocycles. The largest absolute Gasteiger partial charge is 0.490 e. The number of carbonyl (C=O) groups is 1. The van der Waals surface area contributed by atoms with Crippen LogP contribution in [0.3, 0.4) is 0 Å². The Morgan fingerprint density at radius 2 is 1.58 bits per heavy atom. The molecule has 0 saturated heterocycles. The molecule has 0 aliphatic carbocycles. The number of sulfonamides is 1. The van der Waals surface area contributed by atoms with Gasteiger partial charge in [0, 0.05) is 18.8 Å². The third-order valence-corrected chi connectivity index (χ3v) is 6.27. The topological polar surface area (TPSA) is 93.7 Å². The highest BCUT2D eigenvalue weighted by Gasteiger charge is 2.15. The van der Waals surface area contributed by atoms with Crippen LogP contribution < -0.4 is 14.8 Å². The number of ether oxygens (including phenoxy) is 2. The molecule has 0 atom stereocenters. The lowest BCUT2D eigenvalue weighted by Gasteiger charge is -2.12. The first kappa shape index (κ1) is 24.4. The Hall–Kier alpha value is -3.20. The Morgan fingerprint density at radius 1 is 0.879 bits per heavy atom. The first-order chi connectivity index (χ1) is 16.0. The van der Waals surface area contributed by atoms with Crippen molar-refractivity contribution in [3.63, 3.8) is 0 Å². The van der Waals surface area contributed by atoms with Crippen molar-refractivity contribution < 1.29 is 22.7 Å². The molecule has 0 aromatic heterocycles. The first-order valence-corrected chi connectivity index (χ1v) is 12.2. The number of benzene rings is 3. The van der Waals surface area contributed by atoms with Gasteiger partial charge in [-0.1, -0.05) is 42.5 Å². The van der Waals surface area contributed by atoms with Crippen LogP contribution in [0.1, 0.15) is 22.8 Å². The van der Waals surface area contributed by atoms with E-state index >= 15 is 0 Å². The summed E-state index contributed by atoms with van der Waals surface area (Å²) in [5.41, 5.74) is 1.92. The van der Waals surface area contributed by atoms with E-state index in [0.29, 0.717) is 49.8 Å². The van der Waals surface area contributed by atoms with Crippen LogP contribution in [-0.4, -0.2) is 40.7 Å². The summed E-state index contributed by atoms with van der Waals surface area (Å²) in [6.45, 7) is 3.56. The van der Waals surface area contributed by atoms with E-state index in [0.717, 1.165) is 5.56 Å². The average Bonchev–Trinajstić information content (AvgIpc) is 2.83. The summed E-state index contributed by atoms with van der Waals surface area (Å²) in [7, 11) is -3.64. The number of hydrogen-bond acceptors (Lipinski definition) is 5. The quantitative estimate of drug-likeness (QED) is 0.394. The maximum atomic E-state index is 12.7. The van der Waals surface area contributed by atoms with Crippen molar-refractivity contribution in [1.82, 2.24) is 4.72 Å². The Bertz CT molecular complexity index is 1130. The summed E-state index contributed by atoms with van der Waals surface area (Å²) in [6, 6.07) is 22.6. The van der Waals surface area contributed by atoms with Gasteiger partial charge in [0.25, 0.3) is 5.91 Å². The number of nitrogens with one attached hydrogen (secondary N) is 2. The lowest BCUT2D eigenvalue weighted by atomic mass is 10.2. The van der Waals surface area contributed by atoms with Gasteiger partial charge in [-0.2, -0.15) is 0 Å². The maximum Gasteiger partial charge on any atom is 0.259 e. The molecule has 0 spiro atoms. The summed E-state index contributed by atoms with van der Waals surface area (Å²) >= 11 is 0. The standard InChI is InChI=1S/C25H28N2O5S/c1-2-31-18-19-32-24-11-7-6-10-23(24)25(28)27-21-12-14-22(15-13-21)33(29,30)26-17-16-20-8-4-3-5-9-20/h3-15,26H,2,16-19H2,1H3,(H,27,28). The SMILES string of the molecule is CCOCCOc1ccccc1C(=O)Nc1ccc(S(=O)(=O)NCCc2ccccc2)cc1. The zero-order valence-electron chi connectivity index (χ0n) is 18.5. The van der Waals surface area contributed by atoms with Crippen LogP contribution in [0.2, 0.25) is 0 Å². The molecule has 2 N–H and O–H groups in total. The van der Waals surface area contributed by atoms with Crippen molar-refractivity contribution in [3.05, 3.63) is 90.0 Å². The lowest BCUT2D eigenvalue weighted by Crippen LogP contribution is -2.26. The van der Waals surface area contributed by atoms with Crippen molar-refractivity contribution in [2.45, 2.75) is 18.2 Å². The summed E-state index contributed by atoms with van der Waals surface area (Å²) in [5, 5.41) is 2.78. The number of rotatable bonds is 12. The van der Waals surface area contributed by atoms with Gasteiger partial charge in [-0.05, 0) is 55.3 Å². The number of amides is 1. The van der Waals surface area contributed by atoms with Gasteiger partial charge in [0.1, 0.15) is 12.4 Å². The normalized spacial score (nSPS) is 11.2. The molecular formula is C25H28N2O5S. The second-order valence-corrected chi connectivity index (χ2v) is 8.92. The number of para-hydroxylation sites is 1. The molecule has 0 aliphatic rings. The lowest BCUT2D eigenvalue weighted by molar-refractivity contribution is 0.0998. The van der Waals surface area contributed by atoms with Crippen LogP contribution in [0, 0.1) is 0 Å². The Balaban J connectivity index is 1.58. The third-order valence-electron chi connectivity index (χ3n) is 4.79.